The normalized spacial score (nSPS) is 11.5. The highest BCUT2D eigenvalue weighted by molar-refractivity contribution is 7.85. The zero-order chi connectivity index (χ0) is 20.4. The molecule has 0 spiro atoms. The van der Waals surface area contributed by atoms with Crippen LogP contribution < -0.4 is 4.74 Å². The second-order valence-corrected chi connectivity index (χ2v) is 8.42. The molecule has 0 atom stereocenters. The molecule has 0 aliphatic heterocycles. The Morgan fingerprint density at radius 2 is 1.46 bits per heavy atom. The van der Waals surface area contributed by atoms with Crippen LogP contribution in [-0.2, 0) is 16.5 Å². The maximum atomic E-state index is 11.8. The molecule has 0 aromatic heterocycles. The van der Waals surface area contributed by atoms with Crippen molar-refractivity contribution in [1.82, 2.24) is 0 Å². The number of para-hydroxylation sites is 1. The summed E-state index contributed by atoms with van der Waals surface area (Å²) in [4.78, 5) is -0.290. The smallest absolute Gasteiger partial charge is 0.295 e. The molecule has 0 saturated carbocycles. The highest BCUT2D eigenvalue weighted by atomic mass is 32.2. The van der Waals surface area contributed by atoms with Crippen molar-refractivity contribution >= 4 is 10.1 Å². The van der Waals surface area contributed by atoms with Crippen molar-refractivity contribution in [3.63, 3.8) is 0 Å². The van der Waals surface area contributed by atoms with E-state index in [2.05, 4.69) is 6.92 Å². The summed E-state index contributed by atoms with van der Waals surface area (Å²) in [5.41, 5.74) is 0.244. The Hall–Kier alpha value is -2.05. The maximum Gasteiger partial charge on any atom is 0.295 e. The molecule has 0 heterocycles. The quantitative estimate of drug-likeness (QED) is 0.328. The summed E-state index contributed by atoms with van der Waals surface area (Å²) in [6.45, 7) is 2.19. The summed E-state index contributed by atoms with van der Waals surface area (Å²) in [5, 5.41) is 10.4. The first-order valence-electron chi connectivity index (χ1n) is 9.98. The van der Waals surface area contributed by atoms with Crippen molar-refractivity contribution in [3.8, 4) is 17.2 Å². The van der Waals surface area contributed by atoms with Gasteiger partial charge < -0.3 is 9.84 Å². The largest absolute Gasteiger partial charge is 0.507 e. The standard InChI is InChI=1S/C22H30O5S/c1-2-3-4-5-6-7-8-12-15-20-21(23)16-19(17-22(20)28(24,25)26)27-18-13-10-9-11-14-18/h9-11,13-14,16-17,23H,2-8,12,15H2,1H3,(H,24,25,26). The van der Waals surface area contributed by atoms with Gasteiger partial charge in [-0.3, -0.25) is 4.55 Å². The average Bonchev–Trinajstić information content (AvgIpc) is 2.65. The number of hydrogen-bond donors (Lipinski definition) is 2. The fourth-order valence-corrected chi connectivity index (χ4v) is 3.99. The van der Waals surface area contributed by atoms with Gasteiger partial charge in [0, 0.05) is 17.7 Å². The molecule has 0 radical (unpaired) electrons. The van der Waals surface area contributed by atoms with Gasteiger partial charge in [0.2, 0.25) is 0 Å². The van der Waals surface area contributed by atoms with Crippen LogP contribution in [0.4, 0.5) is 0 Å². The van der Waals surface area contributed by atoms with E-state index in [1.807, 2.05) is 6.07 Å². The summed E-state index contributed by atoms with van der Waals surface area (Å²) >= 11 is 0. The van der Waals surface area contributed by atoms with E-state index >= 15 is 0 Å². The topological polar surface area (TPSA) is 83.8 Å². The van der Waals surface area contributed by atoms with Crippen LogP contribution in [0, 0.1) is 0 Å². The molecule has 2 N–H and O–H groups in total. The van der Waals surface area contributed by atoms with E-state index in [0.29, 0.717) is 12.2 Å². The molecule has 2 rings (SSSR count). The molecular weight excluding hydrogens is 376 g/mol. The minimum atomic E-state index is -4.47. The number of ether oxygens (including phenoxy) is 1. The van der Waals surface area contributed by atoms with E-state index in [4.69, 9.17) is 4.74 Å². The lowest BCUT2D eigenvalue weighted by Crippen LogP contribution is -2.04. The summed E-state index contributed by atoms with van der Waals surface area (Å²) < 4.78 is 38.9. The van der Waals surface area contributed by atoms with Gasteiger partial charge in [-0.2, -0.15) is 8.42 Å². The Labute approximate surface area is 168 Å². The minimum absolute atomic E-state index is 0.163. The number of rotatable bonds is 12. The lowest BCUT2D eigenvalue weighted by Gasteiger charge is -2.13. The van der Waals surface area contributed by atoms with Crippen molar-refractivity contribution in [2.45, 2.75) is 69.6 Å². The molecule has 0 fully saturated rings. The lowest BCUT2D eigenvalue weighted by atomic mass is 10.0. The van der Waals surface area contributed by atoms with E-state index < -0.39 is 10.1 Å². The molecule has 0 unspecified atom stereocenters. The van der Waals surface area contributed by atoms with Gasteiger partial charge in [-0.15, -0.1) is 0 Å². The number of benzene rings is 2. The molecular formula is C22H30O5S. The minimum Gasteiger partial charge on any atom is -0.507 e. The Morgan fingerprint density at radius 1 is 0.857 bits per heavy atom. The Bertz CT molecular complexity index is 832. The summed E-state index contributed by atoms with van der Waals surface area (Å²) in [7, 11) is -4.47. The van der Waals surface area contributed by atoms with E-state index in [1.165, 1.54) is 44.2 Å². The monoisotopic (exact) mass is 406 g/mol. The molecule has 0 bridgehead atoms. The third-order valence-corrected chi connectivity index (χ3v) is 5.62. The van der Waals surface area contributed by atoms with Gasteiger partial charge in [0.1, 0.15) is 22.1 Å². The van der Waals surface area contributed by atoms with Crippen molar-refractivity contribution in [2.75, 3.05) is 0 Å². The first-order valence-corrected chi connectivity index (χ1v) is 11.4. The van der Waals surface area contributed by atoms with Gasteiger partial charge in [0.05, 0.1) is 0 Å². The Balaban J connectivity index is 2.03. The third kappa shape index (κ3) is 7.17. The van der Waals surface area contributed by atoms with E-state index in [-0.39, 0.29) is 22.0 Å². The van der Waals surface area contributed by atoms with Crippen LogP contribution in [0.5, 0.6) is 17.2 Å². The average molecular weight is 407 g/mol. The van der Waals surface area contributed by atoms with Gasteiger partial charge in [-0.25, -0.2) is 0 Å². The van der Waals surface area contributed by atoms with Gasteiger partial charge in [-0.05, 0) is 25.0 Å². The van der Waals surface area contributed by atoms with Crippen LogP contribution in [0.1, 0.15) is 63.9 Å². The number of phenols is 1. The van der Waals surface area contributed by atoms with E-state index in [1.54, 1.807) is 24.3 Å². The van der Waals surface area contributed by atoms with Crippen molar-refractivity contribution in [1.29, 1.82) is 0 Å². The number of aromatic hydroxyl groups is 1. The number of unbranched alkanes of at least 4 members (excludes halogenated alkanes) is 7. The second-order valence-electron chi connectivity index (χ2n) is 7.03. The van der Waals surface area contributed by atoms with E-state index in [0.717, 1.165) is 19.3 Å². The van der Waals surface area contributed by atoms with Gasteiger partial charge in [-0.1, -0.05) is 70.1 Å². The SMILES string of the molecule is CCCCCCCCCCc1c(O)cc(Oc2ccccc2)cc1S(=O)(=O)O. The van der Waals surface area contributed by atoms with Crippen molar-refractivity contribution in [3.05, 3.63) is 48.0 Å². The molecule has 0 aliphatic carbocycles. The number of hydrogen-bond acceptors (Lipinski definition) is 4. The van der Waals surface area contributed by atoms with Crippen LogP contribution in [0.25, 0.3) is 0 Å². The first kappa shape index (κ1) is 22.2. The zero-order valence-corrected chi connectivity index (χ0v) is 17.2. The first-order chi connectivity index (χ1) is 13.4. The highest BCUT2D eigenvalue weighted by Crippen LogP contribution is 2.34. The predicted molar refractivity (Wildman–Crippen MR) is 111 cm³/mol. The molecule has 0 aliphatic rings. The zero-order valence-electron chi connectivity index (χ0n) is 16.4. The molecule has 6 heteroatoms. The van der Waals surface area contributed by atoms with Crippen LogP contribution >= 0.6 is 0 Å². The van der Waals surface area contributed by atoms with Crippen molar-refractivity contribution < 1.29 is 22.8 Å². The fraction of sp³-hybridized carbons (Fsp3) is 0.455. The fourth-order valence-electron chi connectivity index (χ4n) is 3.21. The predicted octanol–water partition coefficient (Wildman–Crippen LogP) is 6.11. The molecule has 28 heavy (non-hydrogen) atoms. The van der Waals surface area contributed by atoms with Crippen LogP contribution in [0.2, 0.25) is 0 Å². The van der Waals surface area contributed by atoms with Crippen LogP contribution in [-0.4, -0.2) is 18.1 Å². The van der Waals surface area contributed by atoms with Crippen molar-refractivity contribution in [2.24, 2.45) is 0 Å². The summed E-state index contributed by atoms with van der Waals surface area (Å²) in [5.74, 6) is 0.499. The molecule has 2 aromatic rings. The summed E-state index contributed by atoms with van der Waals surface area (Å²) in [6, 6.07) is 11.5. The second kappa shape index (κ2) is 11.1. The van der Waals surface area contributed by atoms with Gasteiger partial charge in [0.25, 0.3) is 10.1 Å². The molecule has 5 nitrogen and oxygen atoms in total. The Morgan fingerprint density at radius 3 is 2.07 bits per heavy atom. The molecule has 154 valence electrons. The lowest BCUT2D eigenvalue weighted by molar-refractivity contribution is 0.438. The van der Waals surface area contributed by atoms with Gasteiger partial charge >= 0.3 is 0 Å². The molecule has 0 amide bonds. The summed E-state index contributed by atoms with van der Waals surface area (Å²) in [6.07, 6.45) is 9.32. The molecule has 0 saturated heterocycles. The highest BCUT2D eigenvalue weighted by Gasteiger charge is 2.20. The van der Waals surface area contributed by atoms with E-state index in [9.17, 15) is 18.1 Å². The van der Waals surface area contributed by atoms with Crippen LogP contribution in [0.3, 0.4) is 0 Å². The Kier molecular flexibility index (Phi) is 8.80. The van der Waals surface area contributed by atoms with Gasteiger partial charge in [0.15, 0.2) is 0 Å². The number of phenolic OH excluding ortho intramolecular Hbond substituents is 1. The third-order valence-electron chi connectivity index (χ3n) is 4.70. The maximum absolute atomic E-state index is 11.8. The van der Waals surface area contributed by atoms with Crippen LogP contribution in [0.15, 0.2) is 47.4 Å². The molecule has 2 aromatic carbocycles.